The van der Waals surface area contributed by atoms with Gasteiger partial charge in [0.15, 0.2) is 22.7 Å². The van der Waals surface area contributed by atoms with Crippen LogP contribution in [0.2, 0.25) is 5.28 Å². The number of amides is 1. The van der Waals surface area contributed by atoms with Crippen LogP contribution in [0, 0.1) is 5.82 Å². The molecular weight excluding hydrogens is 441 g/mol. The van der Waals surface area contributed by atoms with Gasteiger partial charge in [-0.3, -0.25) is 13.9 Å². The minimum absolute atomic E-state index is 0.0362. The van der Waals surface area contributed by atoms with Gasteiger partial charge < -0.3 is 14.6 Å². The highest BCUT2D eigenvalue weighted by atomic mass is 35.5. The van der Waals surface area contributed by atoms with Crippen LogP contribution in [0.3, 0.4) is 0 Å². The molecule has 9 nitrogen and oxygen atoms in total. The smallest absolute Gasteiger partial charge is 0.407 e. The molecule has 0 radical (unpaired) electrons. The fourth-order valence-electron chi connectivity index (χ4n) is 3.31. The summed E-state index contributed by atoms with van der Waals surface area (Å²) in [7, 11) is 1.49. The lowest BCUT2D eigenvalue weighted by Crippen LogP contribution is -2.41. The number of nitrogens with one attached hydrogen (secondary N) is 1. The molecule has 2 heterocycles. The van der Waals surface area contributed by atoms with Crippen LogP contribution in [-0.4, -0.2) is 43.7 Å². The number of nitrogens with zero attached hydrogens (tertiary/aromatic N) is 4. The normalized spacial score (nSPS) is 11.1. The van der Waals surface area contributed by atoms with E-state index in [4.69, 9.17) is 16.3 Å². The largest absolute Gasteiger partial charge is 0.415 e. The average molecular weight is 466 g/mol. The number of hydrogen-bond donors (Lipinski definition) is 1. The van der Waals surface area contributed by atoms with E-state index in [1.807, 2.05) is 0 Å². The molecule has 0 saturated heterocycles. The molecule has 3 aromatic rings. The van der Waals surface area contributed by atoms with Crippen molar-refractivity contribution in [2.45, 2.75) is 45.7 Å². The number of H-pyrrole nitrogens is 1. The van der Waals surface area contributed by atoms with Gasteiger partial charge >= 0.3 is 11.8 Å². The summed E-state index contributed by atoms with van der Waals surface area (Å²) in [6.45, 7) is 2.74. The van der Waals surface area contributed by atoms with Gasteiger partial charge in [-0.15, -0.1) is 0 Å². The second kappa shape index (κ2) is 10.4. The summed E-state index contributed by atoms with van der Waals surface area (Å²) in [4.78, 5) is 46.0. The van der Waals surface area contributed by atoms with Crippen molar-refractivity contribution in [2.24, 2.45) is 0 Å². The third-order valence-corrected chi connectivity index (χ3v) is 5.22. The monoisotopic (exact) mass is 465 g/mol. The van der Waals surface area contributed by atoms with Crippen molar-refractivity contribution >= 4 is 28.9 Å². The van der Waals surface area contributed by atoms with E-state index in [1.165, 1.54) is 34.7 Å². The van der Waals surface area contributed by atoms with Crippen molar-refractivity contribution in [1.82, 2.24) is 24.0 Å². The number of benzene rings is 1. The fourth-order valence-corrected chi connectivity index (χ4v) is 3.49. The van der Waals surface area contributed by atoms with E-state index in [0.717, 1.165) is 23.8 Å². The molecule has 0 bridgehead atoms. The highest BCUT2D eigenvalue weighted by Crippen LogP contribution is 2.16. The van der Waals surface area contributed by atoms with E-state index < -0.39 is 23.2 Å². The second-order valence-electron chi connectivity index (χ2n) is 7.40. The molecule has 0 atom stereocenters. The Labute approximate surface area is 188 Å². The number of carbonyl (C=O) groups excluding carboxylic acids is 1. The molecule has 2 aromatic heterocycles. The minimum Gasteiger partial charge on any atom is -0.407 e. The van der Waals surface area contributed by atoms with Gasteiger partial charge in [-0.25, -0.2) is 14.0 Å². The Hall–Kier alpha value is -3.14. The van der Waals surface area contributed by atoms with Gasteiger partial charge in [-0.1, -0.05) is 31.9 Å². The summed E-state index contributed by atoms with van der Waals surface area (Å²) in [6, 6.07) is 5.60. The van der Waals surface area contributed by atoms with Crippen molar-refractivity contribution in [3.05, 3.63) is 56.2 Å². The molecule has 11 heteroatoms. The molecule has 32 heavy (non-hydrogen) atoms. The molecule has 0 aliphatic heterocycles. The summed E-state index contributed by atoms with van der Waals surface area (Å²) in [5.74, 6) is -0.812. The molecule has 1 N–H and O–H groups in total. The Morgan fingerprint density at radius 1 is 1.19 bits per heavy atom. The van der Waals surface area contributed by atoms with Crippen LogP contribution >= 0.6 is 11.6 Å². The Morgan fingerprint density at radius 3 is 2.62 bits per heavy atom. The summed E-state index contributed by atoms with van der Waals surface area (Å²) in [6.07, 6.45) is 2.24. The number of unbranched alkanes of at least 4 members (excludes halogenated alkanes) is 2. The molecule has 0 aliphatic rings. The average Bonchev–Trinajstić information content (AvgIpc) is 3.16. The minimum atomic E-state index is -0.741. The number of carbonyl (C=O) groups is 1. The number of fused-ring (bicyclic) bond motifs is 1. The number of rotatable bonds is 9. The zero-order chi connectivity index (χ0) is 23.3. The van der Waals surface area contributed by atoms with Crippen molar-refractivity contribution in [3.8, 4) is 5.75 Å². The summed E-state index contributed by atoms with van der Waals surface area (Å²) >= 11 is 5.94. The molecule has 0 fully saturated rings. The molecule has 0 unspecified atom stereocenters. The summed E-state index contributed by atoms with van der Waals surface area (Å²) in [5.41, 5.74) is -0.590. The maximum absolute atomic E-state index is 13.7. The van der Waals surface area contributed by atoms with Crippen molar-refractivity contribution in [3.63, 3.8) is 0 Å². The fraction of sp³-hybridized carbons (Fsp3) is 0.429. The van der Waals surface area contributed by atoms with Crippen LogP contribution < -0.4 is 16.0 Å². The lowest BCUT2D eigenvalue weighted by molar-refractivity contribution is 0.160. The van der Waals surface area contributed by atoms with Crippen LogP contribution in [0.4, 0.5) is 9.18 Å². The SMILES string of the molecule is CCCCCn1c(=O)n(CCCN(C)C(=O)Oc2ccccc2F)c(=O)c2[nH]c(Cl)nc21. The molecule has 0 saturated carbocycles. The maximum atomic E-state index is 13.7. The number of halogens is 2. The number of aromatic nitrogens is 4. The van der Waals surface area contributed by atoms with Gasteiger partial charge in [0, 0.05) is 26.7 Å². The van der Waals surface area contributed by atoms with E-state index in [1.54, 1.807) is 6.07 Å². The maximum Gasteiger partial charge on any atom is 0.415 e. The third-order valence-electron chi connectivity index (χ3n) is 5.04. The van der Waals surface area contributed by atoms with Gasteiger partial charge in [0.05, 0.1) is 0 Å². The molecule has 3 rings (SSSR count). The Balaban J connectivity index is 1.73. The lowest BCUT2D eigenvalue weighted by Gasteiger charge is -2.17. The highest BCUT2D eigenvalue weighted by molar-refractivity contribution is 6.28. The number of para-hydroxylation sites is 1. The number of hydrogen-bond acceptors (Lipinski definition) is 5. The first-order valence-electron chi connectivity index (χ1n) is 10.4. The number of aromatic amines is 1. The zero-order valence-corrected chi connectivity index (χ0v) is 18.7. The Kier molecular flexibility index (Phi) is 7.68. The molecule has 1 aromatic carbocycles. The van der Waals surface area contributed by atoms with Crippen molar-refractivity contribution < 1.29 is 13.9 Å². The van der Waals surface area contributed by atoms with Gasteiger partial charge in [0.25, 0.3) is 5.56 Å². The topological polar surface area (TPSA) is 102 Å². The first kappa shape index (κ1) is 23.5. The van der Waals surface area contributed by atoms with Gasteiger partial charge in [-0.05, 0) is 36.6 Å². The van der Waals surface area contributed by atoms with E-state index in [9.17, 15) is 18.8 Å². The second-order valence-corrected chi connectivity index (χ2v) is 7.76. The van der Waals surface area contributed by atoms with E-state index >= 15 is 0 Å². The first-order chi connectivity index (χ1) is 15.3. The predicted octanol–water partition coefficient (Wildman–Crippen LogP) is 3.39. The van der Waals surface area contributed by atoms with Crippen LogP contribution in [0.1, 0.15) is 32.6 Å². The lowest BCUT2D eigenvalue weighted by atomic mass is 10.2. The molecule has 1 amide bonds. The van der Waals surface area contributed by atoms with Gasteiger partial charge in [-0.2, -0.15) is 4.98 Å². The highest BCUT2D eigenvalue weighted by Gasteiger charge is 2.18. The van der Waals surface area contributed by atoms with Gasteiger partial charge in [0.1, 0.15) is 0 Å². The Bertz CT molecular complexity index is 1220. The standard InChI is InChI=1S/C21H25ClFN5O4/c1-3-4-7-12-27-17-16(24-19(22)25-17)18(29)28(20(27)30)13-8-11-26(2)21(31)32-15-10-6-5-9-14(15)23/h5-6,9-10H,3-4,7-8,11-13H2,1-2H3,(H,24,25). The number of ether oxygens (including phenoxy) is 1. The van der Waals surface area contributed by atoms with Crippen molar-refractivity contribution in [2.75, 3.05) is 13.6 Å². The van der Waals surface area contributed by atoms with Gasteiger partial charge in [0.2, 0.25) is 5.28 Å². The van der Waals surface area contributed by atoms with E-state index in [2.05, 4.69) is 16.9 Å². The van der Waals surface area contributed by atoms with E-state index in [0.29, 0.717) is 13.0 Å². The summed E-state index contributed by atoms with van der Waals surface area (Å²) in [5, 5.41) is 0.0362. The first-order valence-corrected chi connectivity index (χ1v) is 10.8. The number of imidazole rings is 1. The molecular formula is C21H25ClFN5O4. The molecule has 0 aliphatic carbocycles. The third kappa shape index (κ3) is 5.18. The zero-order valence-electron chi connectivity index (χ0n) is 17.9. The Morgan fingerprint density at radius 2 is 1.91 bits per heavy atom. The van der Waals surface area contributed by atoms with E-state index in [-0.39, 0.29) is 35.3 Å². The summed E-state index contributed by atoms with van der Waals surface area (Å²) < 4.78 is 21.3. The van der Waals surface area contributed by atoms with Crippen molar-refractivity contribution in [1.29, 1.82) is 0 Å². The molecule has 172 valence electrons. The van der Waals surface area contributed by atoms with Crippen LogP contribution in [-0.2, 0) is 13.1 Å². The molecule has 0 spiro atoms. The van der Waals surface area contributed by atoms with Crippen LogP contribution in [0.15, 0.2) is 33.9 Å². The quantitative estimate of drug-likeness (QED) is 0.385. The van der Waals surface area contributed by atoms with Crippen LogP contribution in [0.5, 0.6) is 5.75 Å². The predicted molar refractivity (Wildman–Crippen MR) is 119 cm³/mol. The van der Waals surface area contributed by atoms with Crippen LogP contribution in [0.25, 0.3) is 11.2 Å². The number of aryl methyl sites for hydroxylation is 1.